The zero-order valence-electron chi connectivity index (χ0n) is 13.7. The van der Waals surface area contributed by atoms with Crippen molar-refractivity contribution in [1.82, 2.24) is 9.78 Å². The highest BCUT2D eigenvalue weighted by Gasteiger charge is 2.14. The van der Waals surface area contributed by atoms with E-state index in [0.717, 1.165) is 53.9 Å². The van der Waals surface area contributed by atoms with Crippen LogP contribution in [0.4, 0.5) is 5.69 Å². The molecule has 0 radical (unpaired) electrons. The summed E-state index contributed by atoms with van der Waals surface area (Å²) in [6, 6.07) is 9.28. The van der Waals surface area contributed by atoms with E-state index in [1.165, 1.54) is 4.68 Å². The smallest absolute Gasteiger partial charge is 0.267 e. The van der Waals surface area contributed by atoms with E-state index >= 15 is 0 Å². The van der Waals surface area contributed by atoms with Crippen LogP contribution in [0.15, 0.2) is 40.0 Å². The van der Waals surface area contributed by atoms with Crippen molar-refractivity contribution in [3.8, 4) is 0 Å². The van der Waals surface area contributed by atoms with Crippen molar-refractivity contribution >= 4 is 23.4 Å². The first-order valence-corrected chi connectivity index (χ1v) is 9.42. The summed E-state index contributed by atoms with van der Waals surface area (Å²) in [6.45, 7) is -0.0599. The van der Waals surface area contributed by atoms with Gasteiger partial charge in [0, 0.05) is 16.6 Å². The molecule has 1 aliphatic carbocycles. The average Bonchev–Trinajstić information content (AvgIpc) is 2.80. The minimum atomic E-state index is -0.239. The van der Waals surface area contributed by atoms with Crippen LogP contribution in [0.5, 0.6) is 0 Å². The maximum Gasteiger partial charge on any atom is 0.267 e. The fourth-order valence-electron chi connectivity index (χ4n) is 2.93. The van der Waals surface area contributed by atoms with Crippen molar-refractivity contribution in [2.24, 2.45) is 0 Å². The van der Waals surface area contributed by atoms with Gasteiger partial charge in [-0.25, -0.2) is 4.68 Å². The number of rotatable bonds is 4. The number of carbonyl (C=O) groups is 1. The van der Waals surface area contributed by atoms with E-state index in [4.69, 9.17) is 0 Å². The summed E-state index contributed by atoms with van der Waals surface area (Å²) in [5, 5.41) is 7.26. The average molecular weight is 343 g/mol. The first kappa shape index (κ1) is 16.8. The standard InChI is InChI=1S/C18H21N3O2S/c1-24-15-8-5-7-14(11-15)19-17(22)12-21-18(23)10-13-6-3-2-4-9-16(13)20-21/h5,7-8,10-11H,2-4,6,9,12H2,1H3,(H,19,22). The van der Waals surface area contributed by atoms with Crippen LogP contribution in [0.2, 0.25) is 0 Å². The third kappa shape index (κ3) is 4.06. The minimum Gasteiger partial charge on any atom is -0.324 e. The predicted octanol–water partition coefficient (Wildman–Crippen LogP) is 2.87. The van der Waals surface area contributed by atoms with Crippen LogP contribution in [0.3, 0.4) is 0 Å². The summed E-state index contributed by atoms with van der Waals surface area (Å²) < 4.78 is 1.28. The molecule has 2 aromatic rings. The lowest BCUT2D eigenvalue weighted by molar-refractivity contribution is -0.117. The number of thioether (sulfide) groups is 1. The highest BCUT2D eigenvalue weighted by Crippen LogP contribution is 2.19. The number of carbonyl (C=O) groups excluding carboxylic acids is 1. The monoisotopic (exact) mass is 343 g/mol. The van der Waals surface area contributed by atoms with E-state index in [9.17, 15) is 9.59 Å². The van der Waals surface area contributed by atoms with Gasteiger partial charge in [0.1, 0.15) is 6.54 Å². The summed E-state index contributed by atoms with van der Waals surface area (Å²) in [7, 11) is 0. The van der Waals surface area contributed by atoms with Crippen LogP contribution in [0, 0.1) is 0 Å². The minimum absolute atomic E-state index is 0.0599. The molecule has 0 fully saturated rings. The molecule has 1 heterocycles. The van der Waals surface area contributed by atoms with Gasteiger partial charge in [0.25, 0.3) is 5.56 Å². The number of amides is 1. The van der Waals surface area contributed by atoms with Gasteiger partial charge < -0.3 is 5.32 Å². The zero-order valence-corrected chi connectivity index (χ0v) is 14.6. The van der Waals surface area contributed by atoms with Gasteiger partial charge in [-0.2, -0.15) is 5.10 Å². The van der Waals surface area contributed by atoms with E-state index in [1.807, 2.05) is 30.5 Å². The number of nitrogens with zero attached hydrogens (tertiary/aromatic N) is 2. The van der Waals surface area contributed by atoms with Crippen LogP contribution < -0.4 is 10.9 Å². The Bertz CT molecular complexity index is 801. The highest BCUT2D eigenvalue weighted by atomic mass is 32.2. The molecule has 0 bridgehead atoms. The van der Waals surface area contributed by atoms with Crippen molar-refractivity contribution in [1.29, 1.82) is 0 Å². The molecule has 0 spiro atoms. The number of aromatic nitrogens is 2. The molecule has 24 heavy (non-hydrogen) atoms. The van der Waals surface area contributed by atoms with Crippen LogP contribution in [0.25, 0.3) is 0 Å². The van der Waals surface area contributed by atoms with Gasteiger partial charge in [-0.15, -0.1) is 11.8 Å². The number of fused-ring (bicyclic) bond motifs is 1. The highest BCUT2D eigenvalue weighted by molar-refractivity contribution is 7.98. The van der Waals surface area contributed by atoms with Crippen molar-refractivity contribution < 1.29 is 4.79 Å². The van der Waals surface area contributed by atoms with Gasteiger partial charge in [0.05, 0.1) is 5.69 Å². The Kier molecular flexibility index (Phi) is 5.35. The van der Waals surface area contributed by atoms with E-state index in [-0.39, 0.29) is 18.0 Å². The lowest BCUT2D eigenvalue weighted by atomic mass is 10.1. The van der Waals surface area contributed by atoms with E-state index < -0.39 is 0 Å². The van der Waals surface area contributed by atoms with Gasteiger partial charge in [-0.05, 0) is 55.7 Å². The van der Waals surface area contributed by atoms with Gasteiger partial charge in [0.15, 0.2) is 0 Å². The Morgan fingerprint density at radius 1 is 1.25 bits per heavy atom. The normalized spacial score (nSPS) is 13.9. The molecule has 0 unspecified atom stereocenters. The van der Waals surface area contributed by atoms with Crippen molar-refractivity contribution in [2.45, 2.75) is 43.5 Å². The number of benzene rings is 1. The molecule has 1 N–H and O–H groups in total. The molecule has 0 saturated heterocycles. The summed E-state index contributed by atoms with van der Waals surface area (Å²) in [5.74, 6) is -0.239. The lowest BCUT2D eigenvalue weighted by Gasteiger charge is -2.10. The molecule has 1 amide bonds. The number of nitrogens with one attached hydrogen (secondary N) is 1. The fraction of sp³-hybridized carbons (Fsp3) is 0.389. The first-order chi connectivity index (χ1) is 11.7. The van der Waals surface area contributed by atoms with Crippen LogP contribution in [-0.4, -0.2) is 21.9 Å². The topological polar surface area (TPSA) is 64.0 Å². The number of hydrogen-bond acceptors (Lipinski definition) is 4. The molecule has 1 aromatic carbocycles. The number of hydrogen-bond donors (Lipinski definition) is 1. The predicted molar refractivity (Wildman–Crippen MR) is 96.6 cm³/mol. The molecule has 0 saturated carbocycles. The fourth-order valence-corrected chi connectivity index (χ4v) is 3.39. The third-order valence-corrected chi connectivity index (χ3v) is 4.90. The maximum absolute atomic E-state index is 12.3. The Balaban J connectivity index is 1.74. The Hall–Kier alpha value is -2.08. The summed E-state index contributed by atoms with van der Waals surface area (Å²) >= 11 is 1.62. The van der Waals surface area contributed by atoms with Crippen molar-refractivity contribution in [3.63, 3.8) is 0 Å². The number of aryl methyl sites for hydroxylation is 2. The maximum atomic E-state index is 12.3. The molecule has 6 heteroatoms. The van der Waals surface area contributed by atoms with Crippen LogP contribution in [0.1, 0.15) is 30.5 Å². The van der Waals surface area contributed by atoms with Crippen LogP contribution in [-0.2, 0) is 24.2 Å². The van der Waals surface area contributed by atoms with Gasteiger partial charge >= 0.3 is 0 Å². The van der Waals surface area contributed by atoms with Gasteiger partial charge in [-0.3, -0.25) is 9.59 Å². The molecule has 1 aromatic heterocycles. The van der Waals surface area contributed by atoms with Crippen molar-refractivity contribution in [2.75, 3.05) is 11.6 Å². The van der Waals surface area contributed by atoms with E-state index in [1.54, 1.807) is 17.8 Å². The number of anilines is 1. The van der Waals surface area contributed by atoms with Gasteiger partial charge in [-0.1, -0.05) is 12.5 Å². The molecule has 0 atom stereocenters. The molecule has 3 rings (SSSR count). The lowest BCUT2D eigenvalue weighted by Crippen LogP contribution is -2.30. The Morgan fingerprint density at radius 2 is 2.08 bits per heavy atom. The second kappa shape index (κ2) is 7.66. The summed E-state index contributed by atoms with van der Waals surface area (Å²) in [6.07, 6.45) is 7.13. The Labute approximate surface area is 145 Å². The molecule has 126 valence electrons. The van der Waals surface area contributed by atoms with E-state index in [0.29, 0.717) is 0 Å². The third-order valence-electron chi connectivity index (χ3n) is 4.17. The molecular weight excluding hydrogens is 322 g/mol. The van der Waals surface area contributed by atoms with Gasteiger partial charge in [0.2, 0.25) is 5.91 Å². The quantitative estimate of drug-likeness (QED) is 0.685. The van der Waals surface area contributed by atoms with E-state index in [2.05, 4.69) is 10.4 Å². The Morgan fingerprint density at radius 3 is 2.92 bits per heavy atom. The van der Waals surface area contributed by atoms with Crippen LogP contribution >= 0.6 is 11.8 Å². The van der Waals surface area contributed by atoms with Crippen molar-refractivity contribution in [3.05, 3.63) is 51.9 Å². The molecule has 0 aliphatic heterocycles. The summed E-state index contributed by atoms with van der Waals surface area (Å²) in [5.41, 5.74) is 2.53. The first-order valence-electron chi connectivity index (χ1n) is 8.19. The molecular formula is C18H21N3O2S. The molecule has 5 nitrogen and oxygen atoms in total. The summed E-state index contributed by atoms with van der Waals surface area (Å²) in [4.78, 5) is 25.5. The second-order valence-corrected chi connectivity index (χ2v) is 6.83. The largest absolute Gasteiger partial charge is 0.324 e. The second-order valence-electron chi connectivity index (χ2n) is 5.95. The molecule has 1 aliphatic rings. The zero-order chi connectivity index (χ0) is 16.9. The SMILES string of the molecule is CSc1cccc(NC(=O)Cn2nc3c(cc2=O)CCCCC3)c1.